The minimum absolute atomic E-state index is 0.0791. The molecule has 2 heterocycles. The Labute approximate surface area is 167 Å². The first-order valence-electron chi connectivity index (χ1n) is 8.18. The molecule has 1 aromatic heterocycles. The lowest BCUT2D eigenvalue weighted by molar-refractivity contribution is -0.135. The van der Waals surface area contributed by atoms with Gasteiger partial charge in [-0.1, -0.05) is 29.3 Å². The minimum Gasteiger partial charge on any atom is -0.505 e. The Morgan fingerprint density at radius 1 is 1.26 bits per heavy atom. The molecule has 0 saturated carbocycles. The second-order valence-electron chi connectivity index (χ2n) is 6.18. The number of carbonyl (C=O) groups excluding carboxylic acids is 1. The summed E-state index contributed by atoms with van der Waals surface area (Å²) in [5.74, 6) is -0.807. The van der Waals surface area contributed by atoms with Crippen molar-refractivity contribution in [1.29, 1.82) is 0 Å². The zero-order valence-electron chi connectivity index (χ0n) is 15.3. The van der Waals surface area contributed by atoms with Gasteiger partial charge < -0.3 is 14.4 Å². The van der Waals surface area contributed by atoms with E-state index in [4.69, 9.17) is 27.9 Å². The highest BCUT2D eigenvalue weighted by Gasteiger charge is 2.27. The number of aryl methyl sites for hydroxylation is 1. The lowest BCUT2D eigenvalue weighted by Crippen LogP contribution is -2.11. The van der Waals surface area contributed by atoms with Gasteiger partial charge in [0.05, 0.1) is 28.6 Å². The molecule has 27 heavy (non-hydrogen) atoms. The summed E-state index contributed by atoms with van der Waals surface area (Å²) in [5, 5.41) is 11.3. The van der Waals surface area contributed by atoms with E-state index in [1.165, 1.54) is 7.11 Å². The predicted octanol–water partition coefficient (Wildman–Crippen LogP) is 5.20. The average molecular weight is 405 g/mol. The third-order valence-corrected chi connectivity index (χ3v) is 5.26. The number of hydrogen-bond acceptors (Lipinski definition) is 4. The van der Waals surface area contributed by atoms with Crippen LogP contribution in [-0.4, -0.2) is 28.5 Å². The number of hydrogen-bond donors (Lipinski definition) is 1. The van der Waals surface area contributed by atoms with Crippen LogP contribution in [0.3, 0.4) is 0 Å². The Hall–Kier alpha value is -2.50. The van der Waals surface area contributed by atoms with E-state index in [9.17, 15) is 9.90 Å². The monoisotopic (exact) mass is 404 g/mol. The predicted molar refractivity (Wildman–Crippen MR) is 108 cm³/mol. The Bertz CT molecular complexity index is 1050. The summed E-state index contributed by atoms with van der Waals surface area (Å²) in [5.41, 5.74) is 4.26. The number of methoxy groups -OCH3 is 1. The zero-order chi connectivity index (χ0) is 19.9. The van der Waals surface area contributed by atoms with Crippen molar-refractivity contribution in [2.45, 2.75) is 20.8 Å². The van der Waals surface area contributed by atoms with Gasteiger partial charge in [0.1, 0.15) is 11.3 Å². The average Bonchev–Trinajstić information content (AvgIpc) is 3.06. The quantitative estimate of drug-likeness (QED) is 0.714. The fourth-order valence-electron chi connectivity index (χ4n) is 3.15. The van der Waals surface area contributed by atoms with Gasteiger partial charge in [-0.15, -0.1) is 0 Å². The normalized spacial score (nSPS) is 15.5. The number of aliphatic hydroxyl groups excluding tert-OH is 1. The SMILES string of the molecule is COC(=O)C1=C(O)C(=Cc2cc(C)n(-c3cccc(Cl)c3Cl)c2C)N=C1C. The number of halogens is 2. The number of benzene rings is 1. The summed E-state index contributed by atoms with van der Waals surface area (Å²) in [7, 11) is 1.26. The maximum absolute atomic E-state index is 11.8. The third-order valence-electron chi connectivity index (χ3n) is 4.45. The van der Waals surface area contributed by atoms with Gasteiger partial charge in [-0.25, -0.2) is 9.79 Å². The van der Waals surface area contributed by atoms with Gasteiger partial charge in [0.2, 0.25) is 0 Å². The van der Waals surface area contributed by atoms with Crippen molar-refractivity contribution in [2.75, 3.05) is 7.11 Å². The summed E-state index contributed by atoms with van der Waals surface area (Å²) in [6.07, 6.45) is 1.73. The molecule has 0 amide bonds. The molecule has 0 bridgehead atoms. The van der Waals surface area contributed by atoms with Crippen LogP contribution in [0.15, 0.2) is 46.3 Å². The Kier molecular flexibility index (Phi) is 5.18. The number of nitrogens with zero attached hydrogens (tertiary/aromatic N) is 2. The topological polar surface area (TPSA) is 63.8 Å². The molecular weight excluding hydrogens is 387 g/mol. The van der Waals surface area contributed by atoms with Crippen molar-refractivity contribution >= 4 is 41.0 Å². The van der Waals surface area contributed by atoms with E-state index in [0.29, 0.717) is 21.5 Å². The van der Waals surface area contributed by atoms with Crippen LogP contribution in [0.25, 0.3) is 11.8 Å². The molecule has 0 saturated heterocycles. The van der Waals surface area contributed by atoms with Crippen molar-refractivity contribution in [3.63, 3.8) is 0 Å². The number of esters is 1. The molecule has 0 atom stereocenters. The number of rotatable bonds is 3. The Balaban J connectivity index is 2.11. The van der Waals surface area contributed by atoms with Gasteiger partial charge in [-0.3, -0.25) is 0 Å². The molecule has 140 valence electrons. The number of aromatic nitrogens is 1. The number of carbonyl (C=O) groups is 1. The molecule has 0 aliphatic carbocycles. The molecule has 1 aromatic carbocycles. The van der Waals surface area contributed by atoms with Crippen LogP contribution < -0.4 is 0 Å². The highest BCUT2D eigenvalue weighted by molar-refractivity contribution is 6.43. The standard InChI is InChI=1S/C20H18Cl2N2O3/c1-10-8-13(9-15-19(25)17(11(2)23-15)20(26)27-4)12(3)24(10)16-7-5-6-14(21)18(16)22/h5-9,25H,1-4H3. The van der Waals surface area contributed by atoms with E-state index in [1.54, 1.807) is 19.1 Å². The van der Waals surface area contributed by atoms with Crippen molar-refractivity contribution in [2.24, 2.45) is 4.99 Å². The molecule has 0 fully saturated rings. The maximum Gasteiger partial charge on any atom is 0.343 e. The molecule has 0 spiro atoms. The van der Waals surface area contributed by atoms with Crippen LogP contribution in [0.5, 0.6) is 0 Å². The number of aliphatic hydroxyl groups is 1. The third kappa shape index (κ3) is 3.29. The largest absolute Gasteiger partial charge is 0.505 e. The minimum atomic E-state index is -0.617. The zero-order valence-corrected chi connectivity index (χ0v) is 16.8. The van der Waals surface area contributed by atoms with Crippen LogP contribution in [0, 0.1) is 13.8 Å². The van der Waals surface area contributed by atoms with Crippen molar-refractivity contribution in [3.05, 3.63) is 68.3 Å². The van der Waals surface area contributed by atoms with E-state index in [1.807, 2.05) is 36.6 Å². The van der Waals surface area contributed by atoms with E-state index in [-0.39, 0.29) is 11.3 Å². The summed E-state index contributed by atoms with van der Waals surface area (Å²) >= 11 is 12.5. The maximum atomic E-state index is 11.8. The van der Waals surface area contributed by atoms with Gasteiger partial charge in [-0.2, -0.15) is 0 Å². The highest BCUT2D eigenvalue weighted by atomic mass is 35.5. The van der Waals surface area contributed by atoms with E-state index >= 15 is 0 Å². The van der Waals surface area contributed by atoms with Crippen molar-refractivity contribution in [3.8, 4) is 5.69 Å². The summed E-state index contributed by atoms with van der Waals surface area (Å²) in [4.78, 5) is 16.1. The van der Waals surface area contributed by atoms with Crippen LogP contribution in [-0.2, 0) is 9.53 Å². The molecule has 2 aromatic rings. The fraction of sp³-hybridized carbons (Fsp3) is 0.200. The second-order valence-corrected chi connectivity index (χ2v) is 6.96. The van der Waals surface area contributed by atoms with Crippen molar-refractivity contribution in [1.82, 2.24) is 4.57 Å². The molecule has 0 radical (unpaired) electrons. The molecule has 0 unspecified atom stereocenters. The lowest BCUT2D eigenvalue weighted by Gasteiger charge is -2.12. The van der Waals surface area contributed by atoms with Crippen LogP contribution in [0.2, 0.25) is 10.0 Å². The van der Waals surface area contributed by atoms with Gasteiger partial charge in [0, 0.05) is 11.4 Å². The number of aliphatic imine (C=N–C) groups is 1. The van der Waals surface area contributed by atoms with E-state index in [0.717, 1.165) is 22.6 Å². The molecule has 1 aliphatic rings. The number of ether oxygens (including phenoxy) is 1. The van der Waals surface area contributed by atoms with Crippen LogP contribution in [0.4, 0.5) is 0 Å². The molecular formula is C20H18Cl2N2O3. The van der Waals surface area contributed by atoms with Crippen LogP contribution >= 0.6 is 23.2 Å². The Morgan fingerprint density at radius 2 is 1.96 bits per heavy atom. The highest BCUT2D eigenvalue weighted by Crippen LogP contribution is 2.33. The first kappa shape index (κ1) is 19.3. The summed E-state index contributed by atoms with van der Waals surface area (Å²) in [6.45, 7) is 5.54. The summed E-state index contributed by atoms with van der Waals surface area (Å²) in [6, 6.07) is 7.41. The molecule has 1 N–H and O–H groups in total. The lowest BCUT2D eigenvalue weighted by atomic mass is 10.1. The van der Waals surface area contributed by atoms with Gasteiger partial charge >= 0.3 is 5.97 Å². The van der Waals surface area contributed by atoms with E-state index < -0.39 is 5.97 Å². The molecule has 5 nitrogen and oxygen atoms in total. The smallest absolute Gasteiger partial charge is 0.343 e. The first-order chi connectivity index (χ1) is 12.8. The second kappa shape index (κ2) is 7.25. The molecule has 1 aliphatic heterocycles. The Morgan fingerprint density at radius 3 is 2.63 bits per heavy atom. The fourth-order valence-corrected chi connectivity index (χ4v) is 3.53. The van der Waals surface area contributed by atoms with Crippen molar-refractivity contribution < 1.29 is 14.6 Å². The molecule has 3 rings (SSSR count). The van der Waals surface area contributed by atoms with Gasteiger partial charge in [-0.05, 0) is 50.6 Å². The first-order valence-corrected chi connectivity index (χ1v) is 8.94. The van der Waals surface area contributed by atoms with Gasteiger partial charge in [0.15, 0.2) is 5.76 Å². The molecule has 7 heteroatoms. The summed E-state index contributed by atoms with van der Waals surface area (Å²) < 4.78 is 6.69. The van der Waals surface area contributed by atoms with Crippen LogP contribution in [0.1, 0.15) is 23.9 Å². The van der Waals surface area contributed by atoms with E-state index in [2.05, 4.69) is 4.99 Å². The van der Waals surface area contributed by atoms with Gasteiger partial charge in [0.25, 0.3) is 0 Å².